The van der Waals surface area contributed by atoms with Gasteiger partial charge in [0.25, 0.3) is 0 Å². The number of nitrogens with one attached hydrogen (secondary N) is 2. The number of pyridine rings is 1. The van der Waals surface area contributed by atoms with Crippen molar-refractivity contribution in [3.8, 4) is 0 Å². The van der Waals surface area contributed by atoms with Crippen molar-refractivity contribution in [3.63, 3.8) is 0 Å². The van der Waals surface area contributed by atoms with E-state index in [4.69, 9.17) is 11.6 Å². The molecule has 1 aliphatic rings. The highest BCUT2D eigenvalue weighted by Gasteiger charge is 2.15. The van der Waals surface area contributed by atoms with E-state index in [1.165, 1.54) is 28.0 Å². The number of hydrogen-bond donors (Lipinski definition) is 2. The SMILES string of the molecule is CC(C)(C)CCSc1ccncc1CNc1c(Cl)ccc2c1CCNCC2. The summed E-state index contributed by atoms with van der Waals surface area (Å²) in [6.45, 7) is 9.66. The van der Waals surface area contributed by atoms with Gasteiger partial charge in [-0.05, 0) is 66.8 Å². The topological polar surface area (TPSA) is 37.0 Å². The molecular weight excluding hydrogens is 374 g/mol. The minimum absolute atomic E-state index is 0.363. The summed E-state index contributed by atoms with van der Waals surface area (Å²) in [5, 5.41) is 7.90. The zero-order valence-electron chi connectivity index (χ0n) is 16.6. The summed E-state index contributed by atoms with van der Waals surface area (Å²) in [7, 11) is 0. The molecule has 0 saturated carbocycles. The van der Waals surface area contributed by atoms with Gasteiger partial charge in [-0.1, -0.05) is 38.4 Å². The van der Waals surface area contributed by atoms with E-state index < -0.39 is 0 Å². The van der Waals surface area contributed by atoms with Crippen LogP contribution in [0.5, 0.6) is 0 Å². The zero-order chi connectivity index (χ0) is 19.3. The molecule has 0 aliphatic carbocycles. The van der Waals surface area contributed by atoms with E-state index in [0.29, 0.717) is 5.41 Å². The zero-order valence-corrected chi connectivity index (χ0v) is 18.1. The van der Waals surface area contributed by atoms with E-state index in [1.54, 1.807) is 0 Å². The minimum Gasteiger partial charge on any atom is -0.379 e. The molecule has 0 fully saturated rings. The van der Waals surface area contributed by atoms with Crippen molar-refractivity contribution >= 4 is 29.1 Å². The molecule has 0 unspecified atom stereocenters. The first-order valence-corrected chi connectivity index (χ1v) is 11.1. The molecule has 1 aromatic carbocycles. The van der Waals surface area contributed by atoms with Gasteiger partial charge < -0.3 is 10.6 Å². The second-order valence-electron chi connectivity index (χ2n) is 8.31. The van der Waals surface area contributed by atoms with Crippen LogP contribution in [-0.4, -0.2) is 23.8 Å². The maximum atomic E-state index is 6.55. The summed E-state index contributed by atoms with van der Waals surface area (Å²) < 4.78 is 0. The number of aromatic nitrogens is 1. The highest BCUT2D eigenvalue weighted by atomic mass is 35.5. The Hall–Kier alpha value is -1.23. The lowest BCUT2D eigenvalue weighted by Crippen LogP contribution is -2.16. The number of anilines is 1. The average Bonchev–Trinajstić information content (AvgIpc) is 2.86. The number of rotatable bonds is 6. The van der Waals surface area contributed by atoms with Crippen molar-refractivity contribution in [3.05, 3.63) is 52.3 Å². The fourth-order valence-electron chi connectivity index (χ4n) is 3.27. The molecule has 3 nitrogen and oxygen atoms in total. The summed E-state index contributed by atoms with van der Waals surface area (Å²) in [6.07, 6.45) is 7.12. The quantitative estimate of drug-likeness (QED) is 0.619. The highest BCUT2D eigenvalue weighted by molar-refractivity contribution is 7.99. The standard InChI is InChI=1S/C22H30ClN3S/c1-22(2,3)9-13-27-20-8-12-25-14-17(20)15-26-21-18-7-11-24-10-6-16(18)4-5-19(21)23/h4-5,8,12,14,24,26H,6-7,9-11,13,15H2,1-3H3. The van der Waals surface area contributed by atoms with Crippen LogP contribution < -0.4 is 10.6 Å². The Balaban J connectivity index is 1.72. The van der Waals surface area contributed by atoms with Crippen LogP contribution in [0.3, 0.4) is 0 Å². The van der Waals surface area contributed by atoms with Crippen LogP contribution in [0.1, 0.15) is 43.9 Å². The maximum absolute atomic E-state index is 6.55. The van der Waals surface area contributed by atoms with Crippen molar-refractivity contribution in [1.29, 1.82) is 0 Å². The molecule has 27 heavy (non-hydrogen) atoms. The minimum atomic E-state index is 0.363. The number of hydrogen-bond acceptors (Lipinski definition) is 4. The predicted octanol–water partition coefficient (Wildman–Crippen LogP) is 5.56. The van der Waals surface area contributed by atoms with Crippen LogP contribution in [0.4, 0.5) is 5.69 Å². The fourth-order valence-corrected chi connectivity index (χ4v) is 4.92. The Labute approximate surface area is 172 Å². The van der Waals surface area contributed by atoms with Gasteiger partial charge in [-0.25, -0.2) is 0 Å². The Morgan fingerprint density at radius 3 is 2.81 bits per heavy atom. The summed E-state index contributed by atoms with van der Waals surface area (Å²) in [5.41, 5.74) is 5.45. The predicted molar refractivity (Wildman–Crippen MR) is 118 cm³/mol. The first-order valence-electron chi connectivity index (χ1n) is 9.74. The molecule has 1 aliphatic heterocycles. The third kappa shape index (κ3) is 5.87. The third-order valence-corrected chi connectivity index (χ3v) is 6.34. The highest BCUT2D eigenvalue weighted by Crippen LogP contribution is 2.32. The summed E-state index contributed by atoms with van der Waals surface area (Å²) in [5.74, 6) is 1.12. The van der Waals surface area contributed by atoms with Gasteiger partial charge in [0.05, 0.1) is 10.7 Å². The molecule has 0 amide bonds. The molecule has 146 valence electrons. The number of benzene rings is 1. The van der Waals surface area contributed by atoms with E-state index in [9.17, 15) is 0 Å². The van der Waals surface area contributed by atoms with Crippen LogP contribution >= 0.6 is 23.4 Å². The normalized spacial score (nSPS) is 14.5. The lowest BCUT2D eigenvalue weighted by Gasteiger charge is -2.19. The smallest absolute Gasteiger partial charge is 0.0640 e. The molecular formula is C22H30ClN3S. The molecule has 5 heteroatoms. The van der Waals surface area contributed by atoms with Gasteiger partial charge in [-0.2, -0.15) is 0 Å². The van der Waals surface area contributed by atoms with Crippen molar-refractivity contribution in [2.24, 2.45) is 5.41 Å². The van der Waals surface area contributed by atoms with Gasteiger partial charge >= 0.3 is 0 Å². The molecule has 0 radical (unpaired) electrons. The Morgan fingerprint density at radius 1 is 1.19 bits per heavy atom. The Bertz CT molecular complexity index is 771. The van der Waals surface area contributed by atoms with Crippen molar-refractivity contribution in [2.75, 3.05) is 24.2 Å². The second kappa shape index (κ2) is 9.31. The summed E-state index contributed by atoms with van der Waals surface area (Å²) >= 11 is 8.47. The molecule has 2 heterocycles. The van der Waals surface area contributed by atoms with E-state index >= 15 is 0 Å². The molecule has 0 saturated heterocycles. The van der Waals surface area contributed by atoms with Crippen molar-refractivity contribution < 1.29 is 0 Å². The first kappa shape index (κ1) is 20.5. The lowest BCUT2D eigenvalue weighted by atomic mass is 9.94. The lowest BCUT2D eigenvalue weighted by molar-refractivity contribution is 0.401. The average molecular weight is 404 g/mol. The van der Waals surface area contributed by atoms with Gasteiger partial charge in [0.2, 0.25) is 0 Å². The number of fused-ring (bicyclic) bond motifs is 1. The number of thioether (sulfide) groups is 1. The van der Waals surface area contributed by atoms with E-state index in [-0.39, 0.29) is 0 Å². The number of nitrogens with zero attached hydrogens (tertiary/aromatic N) is 1. The van der Waals surface area contributed by atoms with Crippen LogP contribution in [0.2, 0.25) is 5.02 Å². The molecule has 0 bridgehead atoms. The third-order valence-electron chi connectivity index (χ3n) is 4.91. The van der Waals surface area contributed by atoms with Gasteiger partial charge in [0, 0.05) is 29.4 Å². The van der Waals surface area contributed by atoms with Gasteiger partial charge in [0.1, 0.15) is 0 Å². The molecule has 2 aromatic rings. The maximum Gasteiger partial charge on any atom is 0.0640 e. The Morgan fingerprint density at radius 2 is 2.00 bits per heavy atom. The van der Waals surface area contributed by atoms with E-state index in [1.807, 2.05) is 30.2 Å². The van der Waals surface area contributed by atoms with E-state index in [2.05, 4.69) is 48.5 Å². The van der Waals surface area contributed by atoms with Gasteiger partial charge in [0.15, 0.2) is 0 Å². The summed E-state index contributed by atoms with van der Waals surface area (Å²) in [4.78, 5) is 5.65. The monoisotopic (exact) mass is 403 g/mol. The molecule has 0 spiro atoms. The molecule has 3 rings (SSSR count). The summed E-state index contributed by atoms with van der Waals surface area (Å²) in [6, 6.07) is 6.32. The van der Waals surface area contributed by atoms with Crippen LogP contribution in [-0.2, 0) is 19.4 Å². The molecule has 1 aromatic heterocycles. The van der Waals surface area contributed by atoms with Crippen molar-refractivity contribution in [2.45, 2.75) is 51.5 Å². The number of halogens is 1. The van der Waals surface area contributed by atoms with Crippen LogP contribution in [0.15, 0.2) is 35.5 Å². The van der Waals surface area contributed by atoms with Crippen LogP contribution in [0, 0.1) is 5.41 Å². The fraction of sp³-hybridized carbons (Fsp3) is 0.500. The largest absolute Gasteiger partial charge is 0.379 e. The van der Waals surface area contributed by atoms with Crippen LogP contribution in [0.25, 0.3) is 0 Å². The van der Waals surface area contributed by atoms with Gasteiger partial charge in [-0.15, -0.1) is 11.8 Å². The van der Waals surface area contributed by atoms with Gasteiger partial charge in [-0.3, -0.25) is 4.98 Å². The molecule has 2 N–H and O–H groups in total. The second-order valence-corrected chi connectivity index (χ2v) is 9.85. The molecule has 0 atom stereocenters. The van der Waals surface area contributed by atoms with Crippen molar-refractivity contribution in [1.82, 2.24) is 10.3 Å². The Kier molecular flexibility index (Phi) is 7.07. The first-order chi connectivity index (χ1) is 12.9. The van der Waals surface area contributed by atoms with E-state index in [0.717, 1.165) is 48.9 Å².